The number of hydrogen-bond donors (Lipinski definition) is 1. The van der Waals surface area contributed by atoms with Crippen molar-refractivity contribution in [1.29, 1.82) is 0 Å². The number of benzene rings is 2. The van der Waals surface area contributed by atoms with E-state index in [1.54, 1.807) is 14.2 Å². The van der Waals surface area contributed by atoms with Crippen LogP contribution in [0, 0.1) is 6.92 Å². The van der Waals surface area contributed by atoms with E-state index in [0.29, 0.717) is 0 Å². The van der Waals surface area contributed by atoms with Gasteiger partial charge in [0.05, 0.1) is 20.3 Å². The zero-order valence-electron chi connectivity index (χ0n) is 11.8. The average Bonchev–Trinajstić information content (AvgIpc) is 2.48. The summed E-state index contributed by atoms with van der Waals surface area (Å²) in [4.78, 5) is 0. The number of nitrogens with two attached hydrogens (primary N) is 1. The normalized spacial score (nSPS) is 12.1. The van der Waals surface area contributed by atoms with Gasteiger partial charge in [-0.05, 0) is 41.8 Å². The first-order valence-electron chi connectivity index (χ1n) is 6.30. The molecule has 0 bridgehead atoms. The first-order valence-corrected chi connectivity index (χ1v) is 7.09. The molecule has 2 aromatic carbocycles. The van der Waals surface area contributed by atoms with Crippen LogP contribution in [0.1, 0.15) is 22.7 Å². The molecule has 0 aliphatic rings. The largest absolute Gasteiger partial charge is 0.497 e. The highest BCUT2D eigenvalue weighted by Gasteiger charge is 2.15. The van der Waals surface area contributed by atoms with Crippen molar-refractivity contribution >= 4 is 15.9 Å². The van der Waals surface area contributed by atoms with E-state index in [1.165, 1.54) is 0 Å². The number of hydrogen-bond acceptors (Lipinski definition) is 3. The summed E-state index contributed by atoms with van der Waals surface area (Å²) in [5.74, 6) is 1.48. The van der Waals surface area contributed by atoms with Crippen molar-refractivity contribution in [3.05, 3.63) is 57.6 Å². The van der Waals surface area contributed by atoms with Gasteiger partial charge in [0.25, 0.3) is 0 Å². The summed E-state index contributed by atoms with van der Waals surface area (Å²) >= 11 is 3.54. The van der Waals surface area contributed by atoms with Crippen LogP contribution in [0.3, 0.4) is 0 Å². The molecule has 0 spiro atoms. The minimum Gasteiger partial charge on any atom is -0.497 e. The molecule has 0 saturated heterocycles. The second-order valence-corrected chi connectivity index (χ2v) is 5.43. The maximum atomic E-state index is 6.40. The first-order chi connectivity index (χ1) is 9.56. The molecule has 2 rings (SSSR count). The van der Waals surface area contributed by atoms with E-state index in [2.05, 4.69) is 22.9 Å². The maximum Gasteiger partial charge on any atom is 0.122 e. The van der Waals surface area contributed by atoms with Gasteiger partial charge in [-0.3, -0.25) is 0 Å². The van der Waals surface area contributed by atoms with Crippen molar-refractivity contribution in [2.45, 2.75) is 13.0 Å². The molecule has 2 N–H and O–H groups in total. The molecule has 1 unspecified atom stereocenters. The van der Waals surface area contributed by atoms with Gasteiger partial charge >= 0.3 is 0 Å². The van der Waals surface area contributed by atoms with E-state index in [1.807, 2.05) is 36.4 Å². The highest BCUT2D eigenvalue weighted by molar-refractivity contribution is 9.10. The molecule has 0 amide bonds. The van der Waals surface area contributed by atoms with Gasteiger partial charge in [0.15, 0.2) is 0 Å². The molecule has 20 heavy (non-hydrogen) atoms. The van der Waals surface area contributed by atoms with Gasteiger partial charge in [-0.2, -0.15) is 0 Å². The molecule has 2 aromatic rings. The molecule has 0 radical (unpaired) electrons. The van der Waals surface area contributed by atoms with Crippen LogP contribution in [-0.4, -0.2) is 14.2 Å². The molecular formula is C16H18BrNO2. The monoisotopic (exact) mass is 335 g/mol. The molecule has 0 aliphatic heterocycles. The quantitative estimate of drug-likeness (QED) is 0.923. The highest BCUT2D eigenvalue weighted by Crippen LogP contribution is 2.31. The van der Waals surface area contributed by atoms with E-state index in [-0.39, 0.29) is 6.04 Å². The van der Waals surface area contributed by atoms with Gasteiger partial charge in [0.2, 0.25) is 0 Å². The fourth-order valence-electron chi connectivity index (χ4n) is 2.15. The van der Waals surface area contributed by atoms with Gasteiger partial charge < -0.3 is 15.2 Å². The highest BCUT2D eigenvalue weighted by atomic mass is 79.9. The SMILES string of the molecule is COc1cc(OC)cc(C(N)c2cccc(Br)c2C)c1. The van der Waals surface area contributed by atoms with Crippen LogP contribution in [0.4, 0.5) is 0 Å². The summed E-state index contributed by atoms with van der Waals surface area (Å²) in [6.45, 7) is 2.05. The summed E-state index contributed by atoms with van der Waals surface area (Å²) in [5.41, 5.74) is 9.58. The van der Waals surface area contributed by atoms with E-state index >= 15 is 0 Å². The van der Waals surface area contributed by atoms with E-state index in [0.717, 1.165) is 32.7 Å². The van der Waals surface area contributed by atoms with Crippen LogP contribution in [0.25, 0.3) is 0 Å². The lowest BCUT2D eigenvalue weighted by Crippen LogP contribution is -2.13. The smallest absolute Gasteiger partial charge is 0.122 e. The lowest BCUT2D eigenvalue weighted by atomic mass is 9.95. The minimum atomic E-state index is -0.225. The Balaban J connectivity index is 2.47. The maximum absolute atomic E-state index is 6.40. The van der Waals surface area contributed by atoms with Crippen LogP contribution in [0.2, 0.25) is 0 Å². The van der Waals surface area contributed by atoms with Crippen molar-refractivity contribution in [3.8, 4) is 11.5 Å². The fraction of sp³-hybridized carbons (Fsp3) is 0.250. The molecule has 0 saturated carbocycles. The van der Waals surface area contributed by atoms with E-state index in [9.17, 15) is 0 Å². The fourth-order valence-corrected chi connectivity index (χ4v) is 2.53. The van der Waals surface area contributed by atoms with Crippen molar-refractivity contribution in [1.82, 2.24) is 0 Å². The van der Waals surface area contributed by atoms with Crippen molar-refractivity contribution in [2.75, 3.05) is 14.2 Å². The van der Waals surface area contributed by atoms with Crippen molar-refractivity contribution in [3.63, 3.8) is 0 Å². The molecule has 0 fully saturated rings. The van der Waals surface area contributed by atoms with Crippen LogP contribution in [0.5, 0.6) is 11.5 Å². The summed E-state index contributed by atoms with van der Waals surface area (Å²) in [7, 11) is 3.27. The molecule has 1 atom stereocenters. The van der Waals surface area contributed by atoms with Crippen LogP contribution < -0.4 is 15.2 Å². The lowest BCUT2D eigenvalue weighted by Gasteiger charge is -2.18. The topological polar surface area (TPSA) is 44.5 Å². The zero-order valence-corrected chi connectivity index (χ0v) is 13.4. The van der Waals surface area contributed by atoms with Gasteiger partial charge in [0, 0.05) is 10.5 Å². The summed E-state index contributed by atoms with van der Waals surface area (Å²) in [6, 6.07) is 11.5. The second kappa shape index (κ2) is 6.29. The third-order valence-electron chi connectivity index (χ3n) is 3.38. The van der Waals surface area contributed by atoms with Gasteiger partial charge in [0.1, 0.15) is 11.5 Å². The summed E-state index contributed by atoms with van der Waals surface area (Å²) < 4.78 is 11.6. The molecule has 4 heteroatoms. The third-order valence-corrected chi connectivity index (χ3v) is 4.24. The Morgan fingerprint density at radius 2 is 1.65 bits per heavy atom. The van der Waals surface area contributed by atoms with Crippen LogP contribution in [-0.2, 0) is 0 Å². The standard InChI is InChI=1S/C16H18BrNO2/c1-10-14(5-4-6-15(10)17)16(18)11-7-12(19-2)9-13(8-11)20-3/h4-9,16H,18H2,1-3H3. The van der Waals surface area contributed by atoms with E-state index in [4.69, 9.17) is 15.2 Å². The Labute approximate surface area is 127 Å². The second-order valence-electron chi connectivity index (χ2n) is 4.58. The molecule has 3 nitrogen and oxygen atoms in total. The van der Waals surface area contributed by atoms with Crippen LogP contribution >= 0.6 is 15.9 Å². The lowest BCUT2D eigenvalue weighted by molar-refractivity contribution is 0.393. The molecule has 106 valence electrons. The Bertz CT molecular complexity index is 591. The number of ether oxygens (including phenoxy) is 2. The number of halogens is 1. The van der Waals surface area contributed by atoms with Crippen LogP contribution in [0.15, 0.2) is 40.9 Å². The minimum absolute atomic E-state index is 0.225. The number of rotatable bonds is 4. The molecule has 0 aromatic heterocycles. The number of methoxy groups -OCH3 is 2. The molecular weight excluding hydrogens is 318 g/mol. The van der Waals surface area contributed by atoms with Crippen molar-refractivity contribution in [2.24, 2.45) is 5.73 Å². The Hall–Kier alpha value is -1.52. The van der Waals surface area contributed by atoms with Crippen molar-refractivity contribution < 1.29 is 9.47 Å². The van der Waals surface area contributed by atoms with Gasteiger partial charge in [-0.25, -0.2) is 0 Å². The van der Waals surface area contributed by atoms with Gasteiger partial charge in [-0.1, -0.05) is 28.1 Å². The molecule has 0 heterocycles. The Morgan fingerprint density at radius 1 is 1.05 bits per heavy atom. The summed E-state index contributed by atoms with van der Waals surface area (Å²) in [6.07, 6.45) is 0. The first kappa shape index (κ1) is 14.9. The van der Waals surface area contributed by atoms with Gasteiger partial charge in [-0.15, -0.1) is 0 Å². The predicted molar refractivity (Wildman–Crippen MR) is 84.5 cm³/mol. The summed E-state index contributed by atoms with van der Waals surface area (Å²) in [5, 5.41) is 0. The predicted octanol–water partition coefficient (Wildman–Crippen LogP) is 3.82. The van der Waals surface area contributed by atoms with E-state index < -0.39 is 0 Å². The molecule has 0 aliphatic carbocycles. The third kappa shape index (κ3) is 2.97. The average molecular weight is 336 g/mol. The Morgan fingerprint density at radius 3 is 2.20 bits per heavy atom. The Kier molecular flexibility index (Phi) is 4.68. The zero-order chi connectivity index (χ0) is 14.7.